The molecule has 1 saturated heterocycles. The van der Waals surface area contributed by atoms with Gasteiger partial charge in [0.25, 0.3) is 0 Å². The molecule has 0 amide bonds. The predicted molar refractivity (Wildman–Crippen MR) is 60.9 cm³/mol. The molecule has 2 nitrogen and oxygen atoms in total. The minimum Gasteiger partial charge on any atom is -0.316 e. The van der Waals surface area contributed by atoms with Crippen LogP contribution in [0.1, 0.15) is 32.1 Å². The smallest absolute Gasteiger partial charge is 0.316 e. The molecule has 0 aromatic heterocycles. The fourth-order valence-electron chi connectivity index (χ4n) is 2.60. The first-order valence-corrected chi connectivity index (χ1v) is 6.56. The van der Waals surface area contributed by atoms with E-state index >= 15 is 0 Å². The van der Waals surface area contributed by atoms with Gasteiger partial charge in [-0.15, -0.1) is 0 Å². The summed E-state index contributed by atoms with van der Waals surface area (Å²) >= 11 is 0. The van der Waals surface area contributed by atoms with Crippen molar-refractivity contribution in [1.82, 2.24) is 10.2 Å². The number of hydrogen-bond donors (Lipinski definition) is 1. The molecule has 0 bridgehead atoms. The summed E-state index contributed by atoms with van der Waals surface area (Å²) in [7, 11) is 0. The Hall–Kier alpha value is -0.290. The monoisotopic (exact) mass is 250 g/mol. The molecular weight excluding hydrogens is 229 g/mol. The zero-order valence-corrected chi connectivity index (χ0v) is 10.1. The molecule has 0 aromatic rings. The zero-order chi connectivity index (χ0) is 12.3. The number of rotatable bonds is 6. The summed E-state index contributed by atoms with van der Waals surface area (Å²) in [5.74, 6) is 0.682. The van der Waals surface area contributed by atoms with E-state index in [2.05, 4.69) is 5.32 Å². The molecule has 1 aliphatic carbocycles. The molecule has 2 aliphatic rings. The SMILES string of the molecule is FC(F)(F)CN(CCCC1CCNC1)C1CC1. The average Bonchev–Trinajstić information content (AvgIpc) is 2.94. The van der Waals surface area contributed by atoms with Crippen molar-refractivity contribution in [1.29, 1.82) is 0 Å². The van der Waals surface area contributed by atoms with E-state index in [0.717, 1.165) is 38.8 Å². The van der Waals surface area contributed by atoms with Crippen molar-refractivity contribution >= 4 is 0 Å². The van der Waals surface area contributed by atoms with Gasteiger partial charge in [-0.2, -0.15) is 13.2 Å². The Labute approximate surface area is 101 Å². The summed E-state index contributed by atoms with van der Waals surface area (Å²) in [6.45, 7) is 2.00. The first kappa shape index (κ1) is 13.1. The lowest BCUT2D eigenvalue weighted by atomic mass is 10.0. The Bertz CT molecular complexity index is 232. The normalized spacial score (nSPS) is 25.8. The predicted octanol–water partition coefficient (Wildman–Crippen LogP) is 2.40. The van der Waals surface area contributed by atoms with Crippen LogP contribution < -0.4 is 5.32 Å². The van der Waals surface area contributed by atoms with Gasteiger partial charge in [-0.05, 0) is 57.7 Å². The second-order valence-corrected chi connectivity index (χ2v) is 5.32. The van der Waals surface area contributed by atoms with Crippen molar-refractivity contribution in [2.75, 3.05) is 26.2 Å². The van der Waals surface area contributed by atoms with E-state index in [1.807, 2.05) is 0 Å². The molecule has 1 aliphatic heterocycles. The number of halogens is 3. The van der Waals surface area contributed by atoms with E-state index in [1.165, 1.54) is 6.42 Å². The van der Waals surface area contributed by atoms with E-state index < -0.39 is 12.7 Å². The van der Waals surface area contributed by atoms with Gasteiger partial charge in [0.2, 0.25) is 0 Å². The van der Waals surface area contributed by atoms with Crippen LogP contribution in [0.4, 0.5) is 13.2 Å². The number of nitrogens with one attached hydrogen (secondary N) is 1. The molecule has 100 valence electrons. The summed E-state index contributed by atoms with van der Waals surface area (Å²) < 4.78 is 37.1. The van der Waals surface area contributed by atoms with E-state index in [1.54, 1.807) is 4.90 Å². The van der Waals surface area contributed by atoms with E-state index in [9.17, 15) is 13.2 Å². The van der Waals surface area contributed by atoms with Crippen molar-refractivity contribution in [2.24, 2.45) is 5.92 Å². The number of alkyl halides is 3. The van der Waals surface area contributed by atoms with Crippen LogP contribution in [0.3, 0.4) is 0 Å². The maximum Gasteiger partial charge on any atom is 0.401 e. The molecule has 2 rings (SSSR count). The second kappa shape index (κ2) is 5.57. The first-order chi connectivity index (χ1) is 8.04. The quantitative estimate of drug-likeness (QED) is 0.778. The van der Waals surface area contributed by atoms with Gasteiger partial charge >= 0.3 is 6.18 Å². The molecule has 1 heterocycles. The van der Waals surface area contributed by atoms with Crippen molar-refractivity contribution in [3.8, 4) is 0 Å². The lowest BCUT2D eigenvalue weighted by Gasteiger charge is -2.23. The van der Waals surface area contributed by atoms with Crippen LogP contribution in [0.5, 0.6) is 0 Å². The van der Waals surface area contributed by atoms with Crippen molar-refractivity contribution < 1.29 is 13.2 Å². The minimum atomic E-state index is -4.04. The maximum absolute atomic E-state index is 12.4. The van der Waals surface area contributed by atoms with Gasteiger partial charge in [-0.3, -0.25) is 4.90 Å². The Morgan fingerprint density at radius 2 is 1.94 bits per heavy atom. The van der Waals surface area contributed by atoms with Crippen LogP contribution in [0, 0.1) is 5.92 Å². The molecule has 1 saturated carbocycles. The van der Waals surface area contributed by atoms with Crippen LogP contribution in [0.2, 0.25) is 0 Å². The van der Waals surface area contributed by atoms with Gasteiger partial charge in [0.15, 0.2) is 0 Å². The largest absolute Gasteiger partial charge is 0.401 e. The third-order valence-electron chi connectivity index (χ3n) is 3.67. The molecule has 1 unspecified atom stereocenters. The molecule has 5 heteroatoms. The maximum atomic E-state index is 12.4. The average molecular weight is 250 g/mol. The van der Waals surface area contributed by atoms with E-state index in [0.29, 0.717) is 12.5 Å². The summed E-state index contributed by atoms with van der Waals surface area (Å²) in [5, 5.41) is 3.29. The second-order valence-electron chi connectivity index (χ2n) is 5.32. The molecule has 1 N–H and O–H groups in total. The van der Waals surface area contributed by atoms with Gasteiger partial charge in [0.1, 0.15) is 0 Å². The van der Waals surface area contributed by atoms with Gasteiger partial charge < -0.3 is 5.32 Å². The summed E-state index contributed by atoms with van der Waals surface area (Å²) in [6.07, 6.45) is 0.995. The van der Waals surface area contributed by atoms with Crippen molar-refractivity contribution in [2.45, 2.75) is 44.3 Å². The fraction of sp³-hybridized carbons (Fsp3) is 1.00. The van der Waals surface area contributed by atoms with Crippen molar-refractivity contribution in [3.05, 3.63) is 0 Å². The lowest BCUT2D eigenvalue weighted by Crippen LogP contribution is -2.36. The van der Waals surface area contributed by atoms with Crippen molar-refractivity contribution in [3.63, 3.8) is 0 Å². The molecule has 0 aromatic carbocycles. The highest BCUT2D eigenvalue weighted by molar-refractivity contribution is 4.86. The highest BCUT2D eigenvalue weighted by Gasteiger charge is 2.37. The van der Waals surface area contributed by atoms with E-state index in [-0.39, 0.29) is 6.04 Å². The number of hydrogen-bond acceptors (Lipinski definition) is 2. The summed E-state index contributed by atoms with van der Waals surface area (Å²) in [4.78, 5) is 1.63. The third kappa shape index (κ3) is 4.84. The van der Waals surface area contributed by atoms with Gasteiger partial charge in [-0.1, -0.05) is 0 Å². The Morgan fingerprint density at radius 1 is 1.18 bits per heavy atom. The Kier molecular flexibility index (Phi) is 4.31. The van der Waals surface area contributed by atoms with Crippen LogP contribution in [-0.4, -0.2) is 43.3 Å². The van der Waals surface area contributed by atoms with Gasteiger partial charge in [0, 0.05) is 6.04 Å². The highest BCUT2D eigenvalue weighted by Crippen LogP contribution is 2.30. The Balaban J connectivity index is 1.66. The first-order valence-electron chi connectivity index (χ1n) is 6.56. The minimum absolute atomic E-state index is 0.207. The van der Waals surface area contributed by atoms with Crippen LogP contribution in [0.15, 0.2) is 0 Å². The molecule has 17 heavy (non-hydrogen) atoms. The van der Waals surface area contributed by atoms with Crippen LogP contribution in [0.25, 0.3) is 0 Å². The van der Waals surface area contributed by atoms with Crippen LogP contribution in [-0.2, 0) is 0 Å². The topological polar surface area (TPSA) is 15.3 Å². The van der Waals surface area contributed by atoms with E-state index in [4.69, 9.17) is 0 Å². The van der Waals surface area contributed by atoms with Gasteiger partial charge in [0.05, 0.1) is 6.54 Å². The molecular formula is C12H21F3N2. The summed E-state index contributed by atoms with van der Waals surface area (Å²) in [5.41, 5.74) is 0. The molecule has 2 fully saturated rings. The standard InChI is InChI=1S/C12H21F3N2/c13-12(14,15)9-17(11-3-4-11)7-1-2-10-5-6-16-8-10/h10-11,16H,1-9H2. The Morgan fingerprint density at radius 3 is 2.47 bits per heavy atom. The molecule has 0 radical (unpaired) electrons. The summed E-state index contributed by atoms with van der Waals surface area (Å²) in [6, 6.07) is 0.207. The molecule has 0 spiro atoms. The lowest BCUT2D eigenvalue weighted by molar-refractivity contribution is -0.147. The number of nitrogens with zero attached hydrogens (tertiary/aromatic N) is 1. The zero-order valence-electron chi connectivity index (χ0n) is 10.1. The fourth-order valence-corrected chi connectivity index (χ4v) is 2.60. The highest BCUT2D eigenvalue weighted by atomic mass is 19.4. The van der Waals surface area contributed by atoms with Crippen LogP contribution >= 0.6 is 0 Å². The molecule has 1 atom stereocenters. The van der Waals surface area contributed by atoms with Gasteiger partial charge in [-0.25, -0.2) is 0 Å². The third-order valence-corrected chi connectivity index (χ3v) is 3.67.